The monoisotopic (exact) mass is 423 g/mol. The number of aryl methyl sites for hydroxylation is 2. The average molecular weight is 424 g/mol. The molecule has 4 rings (SSSR count). The Hall–Kier alpha value is -1.91. The van der Waals surface area contributed by atoms with Crippen molar-refractivity contribution >= 4 is 5.91 Å². The van der Waals surface area contributed by atoms with Crippen LogP contribution < -0.4 is 0 Å². The molecular weight excluding hydrogens is 386 g/mol. The van der Waals surface area contributed by atoms with Crippen molar-refractivity contribution in [1.82, 2.24) is 4.90 Å². The molecule has 168 valence electrons. The molecular formula is C27H37NO3. The van der Waals surface area contributed by atoms with Crippen molar-refractivity contribution < 1.29 is 14.6 Å². The van der Waals surface area contributed by atoms with Crippen LogP contribution in [0.15, 0.2) is 48.1 Å². The summed E-state index contributed by atoms with van der Waals surface area (Å²) in [5, 5.41) is 10.6. The molecule has 1 amide bonds. The smallest absolute Gasteiger partial charge is 0.222 e. The number of fused-ring (bicyclic) bond motifs is 1. The number of aliphatic hydroxyl groups excluding tert-OH is 1. The fourth-order valence-corrected chi connectivity index (χ4v) is 5.60. The van der Waals surface area contributed by atoms with Crippen molar-refractivity contribution in [1.29, 1.82) is 0 Å². The van der Waals surface area contributed by atoms with Crippen molar-refractivity contribution in [2.75, 3.05) is 26.3 Å². The molecule has 0 bridgehead atoms. The van der Waals surface area contributed by atoms with E-state index in [0.29, 0.717) is 31.5 Å². The molecule has 1 heterocycles. The van der Waals surface area contributed by atoms with Gasteiger partial charge in [0.25, 0.3) is 0 Å². The minimum atomic E-state index is -0.217. The topological polar surface area (TPSA) is 49.8 Å². The maximum absolute atomic E-state index is 12.3. The van der Waals surface area contributed by atoms with Gasteiger partial charge in [0.1, 0.15) is 0 Å². The maximum atomic E-state index is 12.3. The molecule has 2 fully saturated rings. The van der Waals surface area contributed by atoms with Crippen LogP contribution in [0.1, 0.15) is 49.7 Å². The number of hydrogen-bond donors (Lipinski definition) is 1. The Morgan fingerprint density at radius 1 is 1.26 bits per heavy atom. The second-order valence-corrected chi connectivity index (χ2v) is 9.54. The van der Waals surface area contributed by atoms with E-state index in [1.807, 2.05) is 4.90 Å². The molecule has 1 aromatic rings. The Bertz CT molecular complexity index is 808. The third-order valence-electron chi connectivity index (χ3n) is 7.24. The Morgan fingerprint density at radius 3 is 2.90 bits per heavy atom. The number of amides is 1. The van der Waals surface area contributed by atoms with Crippen molar-refractivity contribution in [3.05, 3.63) is 59.2 Å². The zero-order valence-corrected chi connectivity index (χ0v) is 18.8. The van der Waals surface area contributed by atoms with Gasteiger partial charge >= 0.3 is 0 Å². The number of nitrogens with zero attached hydrogens (tertiary/aromatic N) is 1. The fraction of sp³-hybridized carbons (Fsp3) is 0.593. The predicted octanol–water partition coefficient (Wildman–Crippen LogP) is 4.46. The number of rotatable bonds is 8. The van der Waals surface area contributed by atoms with Crippen molar-refractivity contribution in [2.24, 2.45) is 17.8 Å². The first-order valence-corrected chi connectivity index (χ1v) is 12.1. The first kappa shape index (κ1) is 22.3. The van der Waals surface area contributed by atoms with Crippen LogP contribution >= 0.6 is 0 Å². The molecule has 1 aromatic carbocycles. The van der Waals surface area contributed by atoms with Gasteiger partial charge in [-0.1, -0.05) is 53.6 Å². The molecule has 4 heteroatoms. The highest BCUT2D eigenvalue weighted by atomic mass is 16.5. The highest BCUT2D eigenvalue weighted by molar-refractivity contribution is 5.76. The first-order chi connectivity index (χ1) is 15.1. The van der Waals surface area contributed by atoms with Crippen molar-refractivity contribution in [3.63, 3.8) is 0 Å². The summed E-state index contributed by atoms with van der Waals surface area (Å²) in [7, 11) is 0. The molecule has 31 heavy (non-hydrogen) atoms. The van der Waals surface area contributed by atoms with E-state index < -0.39 is 0 Å². The predicted molar refractivity (Wildman–Crippen MR) is 124 cm³/mol. The van der Waals surface area contributed by atoms with Crippen LogP contribution in [0.5, 0.6) is 0 Å². The lowest BCUT2D eigenvalue weighted by atomic mass is 9.88. The third kappa shape index (κ3) is 5.87. The van der Waals surface area contributed by atoms with Crippen LogP contribution in [0.2, 0.25) is 0 Å². The van der Waals surface area contributed by atoms with E-state index in [1.54, 1.807) is 0 Å². The van der Waals surface area contributed by atoms with Crippen LogP contribution in [-0.4, -0.2) is 48.3 Å². The summed E-state index contributed by atoms with van der Waals surface area (Å²) in [5.41, 5.74) is 4.19. The molecule has 1 saturated carbocycles. The molecule has 0 aromatic heterocycles. The molecule has 4 nitrogen and oxygen atoms in total. The molecule has 2 aliphatic carbocycles. The molecule has 1 N–H and O–H groups in total. The molecule has 1 aliphatic heterocycles. The van der Waals surface area contributed by atoms with Crippen molar-refractivity contribution in [3.8, 4) is 0 Å². The summed E-state index contributed by atoms with van der Waals surface area (Å²) in [6.07, 6.45) is 13.4. The molecule has 0 radical (unpaired) electrons. The highest BCUT2D eigenvalue weighted by Gasteiger charge is 2.43. The molecule has 3 aliphatic rings. The van der Waals surface area contributed by atoms with Gasteiger partial charge in [0, 0.05) is 25.4 Å². The lowest BCUT2D eigenvalue weighted by Crippen LogP contribution is -2.40. The first-order valence-electron chi connectivity index (χ1n) is 12.1. The lowest BCUT2D eigenvalue weighted by molar-refractivity contribution is -0.135. The average Bonchev–Trinajstić information content (AvgIpc) is 3.28. The van der Waals surface area contributed by atoms with E-state index in [9.17, 15) is 9.90 Å². The van der Waals surface area contributed by atoms with Gasteiger partial charge in [-0.15, -0.1) is 0 Å². The van der Waals surface area contributed by atoms with Gasteiger partial charge in [0.05, 0.1) is 19.3 Å². The molecule has 1 saturated heterocycles. The summed E-state index contributed by atoms with van der Waals surface area (Å²) in [6.45, 7) is 4.95. The summed E-state index contributed by atoms with van der Waals surface area (Å²) in [6, 6.07) is 8.71. The van der Waals surface area contributed by atoms with Crippen LogP contribution in [-0.2, 0) is 16.0 Å². The SMILES string of the molecule is Cc1cccc(CC/C=C/[C@@H]2[C@H]3CC(CCCC(=O)N4CCOCC4)=C[C@H]3C[C@H]2O)c1. The molecule has 4 atom stereocenters. The lowest BCUT2D eigenvalue weighted by Gasteiger charge is -2.26. The van der Waals surface area contributed by atoms with Gasteiger partial charge in [-0.3, -0.25) is 4.79 Å². The maximum Gasteiger partial charge on any atom is 0.222 e. The van der Waals surface area contributed by atoms with Gasteiger partial charge < -0.3 is 14.7 Å². The fourth-order valence-electron chi connectivity index (χ4n) is 5.60. The van der Waals surface area contributed by atoms with Crippen molar-refractivity contribution in [2.45, 2.75) is 58.0 Å². The Balaban J connectivity index is 1.21. The summed E-state index contributed by atoms with van der Waals surface area (Å²) in [5.74, 6) is 1.58. The van der Waals surface area contributed by atoms with E-state index in [-0.39, 0.29) is 17.9 Å². The number of morpholine rings is 1. The second kappa shape index (κ2) is 10.6. The summed E-state index contributed by atoms with van der Waals surface area (Å²) < 4.78 is 5.33. The summed E-state index contributed by atoms with van der Waals surface area (Å²) >= 11 is 0. The van der Waals surface area contributed by atoms with Crippen LogP contribution in [0, 0.1) is 24.7 Å². The van der Waals surface area contributed by atoms with Crippen LogP contribution in [0.4, 0.5) is 0 Å². The molecule has 0 unspecified atom stereocenters. The number of carbonyl (C=O) groups is 1. The Morgan fingerprint density at radius 2 is 2.10 bits per heavy atom. The Kier molecular flexibility index (Phi) is 7.62. The van der Waals surface area contributed by atoms with Gasteiger partial charge in [0.15, 0.2) is 0 Å². The van der Waals surface area contributed by atoms with E-state index in [4.69, 9.17) is 4.74 Å². The number of carbonyl (C=O) groups excluding carboxylic acids is 1. The zero-order chi connectivity index (χ0) is 21.6. The minimum Gasteiger partial charge on any atom is -0.392 e. The van der Waals surface area contributed by atoms with Gasteiger partial charge in [-0.2, -0.15) is 0 Å². The normalized spacial score (nSPS) is 28.2. The number of benzene rings is 1. The number of aliphatic hydroxyl groups is 1. The van der Waals surface area contributed by atoms with Crippen LogP contribution in [0.3, 0.4) is 0 Å². The van der Waals surface area contributed by atoms with Gasteiger partial charge in [-0.25, -0.2) is 0 Å². The van der Waals surface area contributed by atoms with Gasteiger partial charge in [-0.05, 0) is 62.8 Å². The summed E-state index contributed by atoms with van der Waals surface area (Å²) in [4.78, 5) is 14.3. The minimum absolute atomic E-state index is 0.217. The highest BCUT2D eigenvalue weighted by Crippen LogP contribution is 2.48. The van der Waals surface area contributed by atoms with E-state index in [0.717, 1.165) is 51.6 Å². The largest absolute Gasteiger partial charge is 0.392 e. The van der Waals surface area contributed by atoms with E-state index in [1.165, 1.54) is 16.7 Å². The standard InChI is InChI=1S/C27H37NO3/c1-20-6-4-8-21(16-20)7-2-3-10-24-25-18-22(17-23(25)19-26(24)29)9-5-11-27(30)28-12-14-31-15-13-28/h3-4,6,8,10,16-17,23-26,29H,2,5,7,9,11-15,18-19H2,1H3/b10-3+/t23-,24+,25-,26+/m0/s1. The number of allylic oxidation sites excluding steroid dienone is 3. The number of hydrogen-bond acceptors (Lipinski definition) is 3. The third-order valence-corrected chi connectivity index (χ3v) is 7.24. The van der Waals surface area contributed by atoms with Crippen LogP contribution in [0.25, 0.3) is 0 Å². The zero-order valence-electron chi connectivity index (χ0n) is 18.8. The second-order valence-electron chi connectivity index (χ2n) is 9.54. The quantitative estimate of drug-likeness (QED) is 0.628. The Labute approximate surface area is 187 Å². The molecule has 0 spiro atoms. The van der Waals surface area contributed by atoms with Gasteiger partial charge in [0.2, 0.25) is 5.91 Å². The van der Waals surface area contributed by atoms with E-state index >= 15 is 0 Å². The number of ether oxygens (including phenoxy) is 1. The van der Waals surface area contributed by atoms with E-state index in [2.05, 4.69) is 49.4 Å².